The average molecular weight is 349 g/mol. The number of phenolic OH excluding ortho intramolecular Hbond substituents is 1. The van der Waals surface area contributed by atoms with Gasteiger partial charge in [0.05, 0.1) is 10.6 Å². The van der Waals surface area contributed by atoms with Crippen LogP contribution in [0.4, 0.5) is 17.1 Å². The smallest absolute Gasteiger partial charge is 0.269 e. The lowest BCUT2D eigenvalue weighted by atomic mass is 10.2. The Morgan fingerprint density at radius 1 is 0.962 bits per heavy atom. The van der Waals surface area contributed by atoms with Crippen LogP contribution < -0.4 is 4.74 Å². The van der Waals surface area contributed by atoms with E-state index >= 15 is 0 Å². The second-order valence-corrected chi connectivity index (χ2v) is 5.40. The van der Waals surface area contributed by atoms with Gasteiger partial charge < -0.3 is 9.84 Å². The van der Waals surface area contributed by atoms with E-state index < -0.39 is 4.92 Å². The molecule has 0 atom stereocenters. The molecule has 0 amide bonds. The van der Waals surface area contributed by atoms with E-state index in [1.54, 1.807) is 12.1 Å². The molecule has 3 rings (SSSR count). The Morgan fingerprint density at radius 3 is 2.38 bits per heavy atom. The molecule has 0 aliphatic rings. The molecule has 0 spiro atoms. The summed E-state index contributed by atoms with van der Waals surface area (Å²) in [6, 6.07) is 20.0. The van der Waals surface area contributed by atoms with Crippen molar-refractivity contribution < 1.29 is 14.8 Å². The molecule has 0 saturated carbocycles. The van der Waals surface area contributed by atoms with Crippen LogP contribution in [0.3, 0.4) is 0 Å². The van der Waals surface area contributed by atoms with Gasteiger partial charge in [-0.3, -0.25) is 10.1 Å². The van der Waals surface area contributed by atoms with E-state index in [0.717, 1.165) is 5.56 Å². The molecule has 0 fully saturated rings. The number of nitro groups is 1. The molecule has 0 radical (unpaired) electrons. The fraction of sp³-hybridized carbons (Fsp3) is 0.0526. The quantitative estimate of drug-likeness (QED) is 0.371. The molecule has 0 unspecified atom stereocenters. The van der Waals surface area contributed by atoms with Crippen molar-refractivity contribution in [3.63, 3.8) is 0 Å². The molecule has 0 heterocycles. The van der Waals surface area contributed by atoms with Crippen molar-refractivity contribution in [1.29, 1.82) is 0 Å². The number of rotatable bonds is 6. The number of azo groups is 1. The van der Waals surface area contributed by atoms with Crippen LogP contribution in [0.2, 0.25) is 0 Å². The summed E-state index contributed by atoms with van der Waals surface area (Å²) in [6.45, 7) is 0.393. The first-order chi connectivity index (χ1) is 12.6. The Morgan fingerprint density at radius 2 is 1.69 bits per heavy atom. The molecule has 0 bridgehead atoms. The Balaban J connectivity index is 1.71. The van der Waals surface area contributed by atoms with E-state index in [9.17, 15) is 15.2 Å². The molecule has 7 heteroatoms. The molecule has 0 aromatic heterocycles. The minimum atomic E-state index is -0.486. The van der Waals surface area contributed by atoms with Crippen LogP contribution in [0.5, 0.6) is 11.5 Å². The van der Waals surface area contributed by atoms with E-state index in [1.165, 1.54) is 30.3 Å². The normalized spacial score (nSPS) is 10.8. The van der Waals surface area contributed by atoms with Gasteiger partial charge in [0.15, 0.2) is 0 Å². The molecule has 7 nitrogen and oxygen atoms in total. The lowest BCUT2D eigenvalue weighted by molar-refractivity contribution is -0.384. The van der Waals surface area contributed by atoms with Gasteiger partial charge in [0.1, 0.15) is 23.8 Å². The van der Waals surface area contributed by atoms with Gasteiger partial charge in [-0.1, -0.05) is 30.3 Å². The number of phenols is 1. The minimum absolute atomic E-state index is 0.0249. The molecule has 130 valence electrons. The summed E-state index contributed by atoms with van der Waals surface area (Å²) >= 11 is 0. The van der Waals surface area contributed by atoms with Crippen LogP contribution in [-0.2, 0) is 6.61 Å². The highest BCUT2D eigenvalue weighted by molar-refractivity contribution is 5.55. The molecule has 1 N–H and O–H groups in total. The number of aromatic hydroxyl groups is 1. The predicted octanol–water partition coefficient (Wildman–Crippen LogP) is 5.29. The predicted molar refractivity (Wildman–Crippen MR) is 96.2 cm³/mol. The van der Waals surface area contributed by atoms with Crippen molar-refractivity contribution in [2.75, 3.05) is 0 Å². The number of nitrogens with zero attached hydrogens (tertiary/aromatic N) is 3. The molecule has 0 saturated heterocycles. The van der Waals surface area contributed by atoms with Gasteiger partial charge >= 0.3 is 0 Å². The van der Waals surface area contributed by atoms with E-state index in [2.05, 4.69) is 10.2 Å². The highest BCUT2D eigenvalue weighted by Crippen LogP contribution is 2.32. The summed E-state index contributed by atoms with van der Waals surface area (Å²) in [4.78, 5) is 10.2. The van der Waals surface area contributed by atoms with Gasteiger partial charge in [-0.2, -0.15) is 5.11 Å². The van der Waals surface area contributed by atoms with Crippen molar-refractivity contribution >= 4 is 17.1 Å². The third-order valence-electron chi connectivity index (χ3n) is 3.53. The zero-order valence-corrected chi connectivity index (χ0v) is 13.6. The van der Waals surface area contributed by atoms with Crippen molar-refractivity contribution in [1.82, 2.24) is 0 Å². The summed E-state index contributed by atoms with van der Waals surface area (Å²) < 4.78 is 5.69. The maximum atomic E-state index is 10.6. The van der Waals surface area contributed by atoms with Crippen LogP contribution in [-0.4, -0.2) is 10.0 Å². The largest absolute Gasteiger partial charge is 0.506 e. The lowest BCUT2D eigenvalue weighted by Gasteiger charge is -2.07. The number of nitro benzene ring substituents is 1. The molecular formula is C19H15N3O4. The first-order valence-corrected chi connectivity index (χ1v) is 7.78. The molecular weight excluding hydrogens is 334 g/mol. The number of benzene rings is 3. The standard InChI is InChI=1S/C19H15N3O4/c23-19-11-10-17(26-13-14-4-2-1-3-5-14)12-18(19)21-20-15-6-8-16(9-7-15)22(24)25/h1-12,23H,13H2. The molecule has 3 aromatic carbocycles. The first-order valence-electron chi connectivity index (χ1n) is 7.78. The van der Waals surface area contributed by atoms with E-state index in [1.807, 2.05) is 30.3 Å². The van der Waals surface area contributed by atoms with Crippen molar-refractivity contribution in [2.45, 2.75) is 6.61 Å². The number of hydrogen-bond acceptors (Lipinski definition) is 6. The summed E-state index contributed by atoms with van der Waals surface area (Å²) in [5.74, 6) is 0.507. The Labute approximate surface area is 149 Å². The molecule has 26 heavy (non-hydrogen) atoms. The van der Waals surface area contributed by atoms with Crippen molar-refractivity contribution in [3.05, 3.63) is 88.5 Å². The third-order valence-corrected chi connectivity index (χ3v) is 3.53. The molecule has 0 aliphatic heterocycles. The molecule has 3 aromatic rings. The Bertz CT molecular complexity index is 925. The summed E-state index contributed by atoms with van der Waals surface area (Å²) in [5, 5.41) is 28.5. The zero-order chi connectivity index (χ0) is 18.4. The highest BCUT2D eigenvalue weighted by atomic mass is 16.6. The molecule has 0 aliphatic carbocycles. The fourth-order valence-corrected chi connectivity index (χ4v) is 2.17. The maximum absolute atomic E-state index is 10.6. The van der Waals surface area contributed by atoms with Crippen LogP contribution in [0.15, 0.2) is 83.0 Å². The van der Waals surface area contributed by atoms with E-state index in [4.69, 9.17) is 4.74 Å². The van der Waals surface area contributed by atoms with Gasteiger partial charge in [0.2, 0.25) is 0 Å². The van der Waals surface area contributed by atoms with Gasteiger partial charge in [0, 0.05) is 18.2 Å². The average Bonchev–Trinajstić information content (AvgIpc) is 2.67. The van der Waals surface area contributed by atoms with E-state index in [-0.39, 0.29) is 17.1 Å². The lowest BCUT2D eigenvalue weighted by Crippen LogP contribution is -1.94. The monoisotopic (exact) mass is 349 g/mol. The first kappa shape index (κ1) is 17.1. The van der Waals surface area contributed by atoms with Gasteiger partial charge in [-0.05, 0) is 29.8 Å². The van der Waals surface area contributed by atoms with Gasteiger partial charge in [-0.25, -0.2) is 0 Å². The number of non-ortho nitro benzene ring substituents is 1. The van der Waals surface area contributed by atoms with Crippen LogP contribution in [0, 0.1) is 10.1 Å². The van der Waals surface area contributed by atoms with Crippen LogP contribution in [0.25, 0.3) is 0 Å². The summed E-state index contributed by atoms with van der Waals surface area (Å²) in [7, 11) is 0. The second kappa shape index (κ2) is 7.89. The summed E-state index contributed by atoms with van der Waals surface area (Å²) in [6.07, 6.45) is 0. The van der Waals surface area contributed by atoms with Gasteiger partial charge in [-0.15, -0.1) is 5.11 Å². The summed E-state index contributed by atoms with van der Waals surface area (Å²) in [5.41, 5.74) is 1.68. The number of hydrogen-bond donors (Lipinski definition) is 1. The zero-order valence-electron chi connectivity index (χ0n) is 13.6. The van der Waals surface area contributed by atoms with Crippen molar-refractivity contribution in [3.8, 4) is 11.5 Å². The SMILES string of the molecule is O=[N+]([O-])c1ccc(N=Nc2cc(OCc3ccccc3)ccc2O)cc1. The Hall–Kier alpha value is -3.74. The van der Waals surface area contributed by atoms with E-state index in [0.29, 0.717) is 18.0 Å². The van der Waals surface area contributed by atoms with Gasteiger partial charge in [0.25, 0.3) is 5.69 Å². The highest BCUT2D eigenvalue weighted by Gasteiger charge is 2.05. The van der Waals surface area contributed by atoms with Crippen LogP contribution in [0.1, 0.15) is 5.56 Å². The fourth-order valence-electron chi connectivity index (χ4n) is 2.17. The third kappa shape index (κ3) is 4.41. The maximum Gasteiger partial charge on any atom is 0.269 e. The van der Waals surface area contributed by atoms with Crippen molar-refractivity contribution in [2.24, 2.45) is 10.2 Å². The Kier molecular flexibility index (Phi) is 5.19. The number of ether oxygens (including phenoxy) is 1. The topological polar surface area (TPSA) is 97.3 Å². The van der Waals surface area contributed by atoms with Crippen LogP contribution >= 0.6 is 0 Å². The second-order valence-electron chi connectivity index (χ2n) is 5.40. The minimum Gasteiger partial charge on any atom is -0.506 e.